The van der Waals surface area contributed by atoms with Crippen LogP contribution in [-0.4, -0.2) is 14.7 Å². The molecule has 0 spiro atoms. The molecule has 0 bridgehead atoms. The topological polar surface area (TPSA) is 38.0 Å². The molecule has 0 aliphatic heterocycles. The molecule has 2 rings (SSSR count). The Hall–Kier alpha value is -1.61. The molecule has 0 aliphatic rings. The van der Waals surface area contributed by atoms with Crippen LogP contribution in [0.3, 0.4) is 0 Å². The normalized spacial score (nSPS) is 12.7. The van der Waals surface area contributed by atoms with Crippen LogP contribution in [0.1, 0.15) is 30.0 Å². The van der Waals surface area contributed by atoms with Gasteiger partial charge >= 0.3 is 0 Å². The minimum absolute atomic E-state index is 0.643. The second-order valence-electron chi connectivity index (χ2n) is 3.88. The second-order valence-corrected chi connectivity index (χ2v) is 3.88. The number of aliphatic hydroxyl groups excluding tert-OH is 1. The molecule has 3 heteroatoms. The average Bonchev–Trinajstić information content (AvgIpc) is 2.77. The van der Waals surface area contributed by atoms with Crippen LogP contribution >= 0.6 is 0 Å². The summed E-state index contributed by atoms with van der Waals surface area (Å²) >= 11 is 0. The molecule has 3 nitrogen and oxygen atoms in total. The van der Waals surface area contributed by atoms with Crippen LogP contribution in [0.15, 0.2) is 36.7 Å². The Morgan fingerprint density at radius 3 is 2.62 bits per heavy atom. The highest BCUT2D eigenvalue weighted by atomic mass is 16.3. The fourth-order valence-electron chi connectivity index (χ4n) is 1.73. The molecule has 2 aromatic rings. The third-order valence-corrected chi connectivity index (χ3v) is 2.73. The smallest absolute Gasteiger partial charge is 0.142 e. The van der Waals surface area contributed by atoms with Gasteiger partial charge in [-0.3, -0.25) is 0 Å². The van der Waals surface area contributed by atoms with Crippen molar-refractivity contribution in [2.45, 2.75) is 26.5 Å². The molecule has 84 valence electrons. The first-order valence-corrected chi connectivity index (χ1v) is 5.48. The summed E-state index contributed by atoms with van der Waals surface area (Å²) in [5, 5.41) is 10.2. The van der Waals surface area contributed by atoms with E-state index >= 15 is 0 Å². The van der Waals surface area contributed by atoms with Gasteiger partial charge in [-0.15, -0.1) is 0 Å². The molecule has 1 aromatic heterocycles. The van der Waals surface area contributed by atoms with Crippen molar-refractivity contribution in [2.24, 2.45) is 0 Å². The number of benzene rings is 1. The van der Waals surface area contributed by atoms with E-state index in [-0.39, 0.29) is 0 Å². The van der Waals surface area contributed by atoms with Crippen LogP contribution in [0, 0.1) is 6.92 Å². The molecule has 1 heterocycles. The van der Waals surface area contributed by atoms with Crippen molar-refractivity contribution in [3.8, 4) is 0 Å². The van der Waals surface area contributed by atoms with Crippen LogP contribution in [-0.2, 0) is 6.54 Å². The van der Waals surface area contributed by atoms with Crippen LogP contribution in [0.25, 0.3) is 0 Å². The monoisotopic (exact) mass is 216 g/mol. The molecule has 1 N–H and O–H groups in total. The Kier molecular flexibility index (Phi) is 3.06. The first-order valence-electron chi connectivity index (χ1n) is 5.48. The fourth-order valence-corrected chi connectivity index (χ4v) is 1.73. The zero-order valence-corrected chi connectivity index (χ0v) is 9.59. The molecule has 1 aromatic carbocycles. The van der Waals surface area contributed by atoms with Crippen molar-refractivity contribution < 1.29 is 5.11 Å². The van der Waals surface area contributed by atoms with Gasteiger partial charge in [0.1, 0.15) is 11.9 Å². The van der Waals surface area contributed by atoms with Crippen LogP contribution < -0.4 is 0 Å². The molecule has 0 saturated heterocycles. The molecule has 0 aliphatic carbocycles. The molecular weight excluding hydrogens is 200 g/mol. The minimum atomic E-state index is -0.643. The summed E-state index contributed by atoms with van der Waals surface area (Å²) in [7, 11) is 0. The average molecular weight is 216 g/mol. The number of aromatic nitrogens is 2. The third-order valence-electron chi connectivity index (χ3n) is 2.73. The number of aryl methyl sites for hydroxylation is 2. The van der Waals surface area contributed by atoms with E-state index in [1.54, 1.807) is 6.20 Å². The van der Waals surface area contributed by atoms with Crippen molar-refractivity contribution in [1.29, 1.82) is 0 Å². The van der Waals surface area contributed by atoms with E-state index < -0.39 is 6.10 Å². The largest absolute Gasteiger partial charge is 0.380 e. The summed E-state index contributed by atoms with van der Waals surface area (Å²) in [5.74, 6) is 0.700. The number of hydrogen-bond acceptors (Lipinski definition) is 2. The zero-order valence-electron chi connectivity index (χ0n) is 9.59. The molecule has 0 radical (unpaired) electrons. The summed E-state index contributed by atoms with van der Waals surface area (Å²) in [6.07, 6.45) is 2.96. The molecular formula is C13H16N2O. The van der Waals surface area contributed by atoms with E-state index in [1.165, 1.54) is 5.56 Å². The summed E-state index contributed by atoms with van der Waals surface area (Å²) in [5.41, 5.74) is 2.07. The SMILES string of the molecule is CCn1ccnc1[C@@H](O)c1ccc(C)cc1. The van der Waals surface area contributed by atoms with E-state index in [4.69, 9.17) is 0 Å². The van der Waals surface area contributed by atoms with Gasteiger partial charge in [0, 0.05) is 18.9 Å². The summed E-state index contributed by atoms with van der Waals surface area (Å²) in [6, 6.07) is 7.87. The van der Waals surface area contributed by atoms with E-state index in [0.29, 0.717) is 5.82 Å². The van der Waals surface area contributed by atoms with Gasteiger partial charge in [-0.1, -0.05) is 29.8 Å². The lowest BCUT2D eigenvalue weighted by Crippen LogP contribution is -2.08. The highest BCUT2D eigenvalue weighted by molar-refractivity contribution is 5.26. The minimum Gasteiger partial charge on any atom is -0.380 e. The van der Waals surface area contributed by atoms with E-state index in [9.17, 15) is 5.11 Å². The van der Waals surface area contributed by atoms with Gasteiger partial charge in [0.25, 0.3) is 0 Å². The highest BCUT2D eigenvalue weighted by Crippen LogP contribution is 2.20. The van der Waals surface area contributed by atoms with Crippen molar-refractivity contribution in [3.05, 3.63) is 53.6 Å². The predicted octanol–water partition coefficient (Wildman–Crippen LogP) is 2.29. The van der Waals surface area contributed by atoms with Crippen molar-refractivity contribution in [3.63, 3.8) is 0 Å². The molecule has 0 amide bonds. The standard InChI is InChI=1S/C13H16N2O/c1-3-15-9-8-14-13(15)12(16)11-6-4-10(2)5-7-11/h4-9,12,16H,3H2,1-2H3/t12-/m0/s1. The number of imidazole rings is 1. The van der Waals surface area contributed by atoms with Gasteiger partial charge in [0.15, 0.2) is 0 Å². The Labute approximate surface area is 95.4 Å². The summed E-state index contributed by atoms with van der Waals surface area (Å²) in [6.45, 7) is 4.88. The third kappa shape index (κ3) is 1.99. The quantitative estimate of drug-likeness (QED) is 0.854. The molecule has 1 atom stereocenters. The summed E-state index contributed by atoms with van der Waals surface area (Å²) in [4.78, 5) is 4.20. The van der Waals surface area contributed by atoms with Crippen LogP contribution in [0.5, 0.6) is 0 Å². The second kappa shape index (κ2) is 4.49. The van der Waals surface area contributed by atoms with E-state index in [2.05, 4.69) is 4.98 Å². The number of nitrogens with zero attached hydrogens (tertiary/aromatic N) is 2. The number of aliphatic hydroxyl groups is 1. The van der Waals surface area contributed by atoms with Gasteiger partial charge in [0.2, 0.25) is 0 Å². The number of rotatable bonds is 3. The van der Waals surface area contributed by atoms with Crippen LogP contribution in [0.4, 0.5) is 0 Å². The lowest BCUT2D eigenvalue weighted by Gasteiger charge is -2.12. The van der Waals surface area contributed by atoms with E-state index in [0.717, 1.165) is 12.1 Å². The Morgan fingerprint density at radius 2 is 2.00 bits per heavy atom. The van der Waals surface area contributed by atoms with Crippen molar-refractivity contribution in [2.75, 3.05) is 0 Å². The Balaban J connectivity index is 2.31. The fraction of sp³-hybridized carbons (Fsp3) is 0.308. The van der Waals surface area contributed by atoms with Crippen molar-refractivity contribution >= 4 is 0 Å². The van der Waals surface area contributed by atoms with E-state index in [1.807, 2.05) is 48.9 Å². The highest BCUT2D eigenvalue weighted by Gasteiger charge is 2.14. The first-order chi connectivity index (χ1) is 7.72. The molecule has 0 fully saturated rings. The lowest BCUT2D eigenvalue weighted by atomic mass is 10.1. The van der Waals surface area contributed by atoms with Gasteiger partial charge in [-0.05, 0) is 19.4 Å². The first kappa shape index (κ1) is 10.9. The lowest BCUT2D eigenvalue weighted by molar-refractivity contribution is 0.205. The van der Waals surface area contributed by atoms with Crippen LogP contribution in [0.2, 0.25) is 0 Å². The molecule has 0 unspecified atom stereocenters. The Morgan fingerprint density at radius 1 is 1.31 bits per heavy atom. The van der Waals surface area contributed by atoms with Gasteiger partial charge in [-0.2, -0.15) is 0 Å². The summed E-state index contributed by atoms with van der Waals surface area (Å²) < 4.78 is 1.95. The predicted molar refractivity (Wildman–Crippen MR) is 63.1 cm³/mol. The maximum Gasteiger partial charge on any atom is 0.142 e. The maximum atomic E-state index is 10.2. The zero-order chi connectivity index (χ0) is 11.5. The molecule has 16 heavy (non-hydrogen) atoms. The molecule has 0 saturated carbocycles. The van der Waals surface area contributed by atoms with Gasteiger partial charge in [0.05, 0.1) is 0 Å². The Bertz CT molecular complexity index is 459. The number of hydrogen-bond donors (Lipinski definition) is 1. The maximum absolute atomic E-state index is 10.2. The van der Waals surface area contributed by atoms with Gasteiger partial charge in [-0.25, -0.2) is 4.98 Å². The van der Waals surface area contributed by atoms with Crippen molar-refractivity contribution in [1.82, 2.24) is 9.55 Å². The van der Waals surface area contributed by atoms with Gasteiger partial charge < -0.3 is 9.67 Å².